The van der Waals surface area contributed by atoms with E-state index in [4.69, 9.17) is 11.6 Å². The van der Waals surface area contributed by atoms with Crippen molar-refractivity contribution in [3.05, 3.63) is 64.7 Å². The minimum Gasteiger partial charge on any atom is -0.325 e. The second kappa shape index (κ2) is 8.41. The summed E-state index contributed by atoms with van der Waals surface area (Å²) in [6, 6.07) is 13.4. The lowest BCUT2D eigenvalue weighted by Gasteiger charge is -2.47. The minimum absolute atomic E-state index is 0.0151. The molecule has 1 heterocycles. The summed E-state index contributed by atoms with van der Waals surface area (Å²) in [6.45, 7) is 5.90. The molecule has 2 bridgehead atoms. The number of carbonyl (C=O) groups is 4. The predicted octanol–water partition coefficient (Wildman–Crippen LogP) is 4.71. The number of rotatable bonds is 6. The van der Waals surface area contributed by atoms with Crippen molar-refractivity contribution >= 4 is 40.8 Å². The van der Waals surface area contributed by atoms with Gasteiger partial charge in [0.05, 0.1) is 11.1 Å². The molecule has 0 aromatic heterocycles. The molecule has 2 unspecified atom stereocenters. The van der Waals surface area contributed by atoms with Crippen LogP contribution in [0, 0.1) is 16.7 Å². The highest BCUT2D eigenvalue weighted by Gasteiger charge is 2.64. The van der Waals surface area contributed by atoms with Crippen LogP contribution in [0.1, 0.15) is 56.0 Å². The van der Waals surface area contributed by atoms with Gasteiger partial charge in [0.15, 0.2) is 5.78 Å². The maximum absolute atomic E-state index is 13.2. The monoisotopic (exact) mass is 466 g/mol. The lowest BCUT2D eigenvalue weighted by Crippen LogP contribution is -2.59. The van der Waals surface area contributed by atoms with Gasteiger partial charge in [0.1, 0.15) is 0 Å². The summed E-state index contributed by atoms with van der Waals surface area (Å²) >= 11 is 6.10. The van der Waals surface area contributed by atoms with Crippen molar-refractivity contribution in [3.63, 3.8) is 0 Å². The van der Waals surface area contributed by atoms with Crippen molar-refractivity contribution in [3.8, 4) is 0 Å². The van der Waals surface area contributed by atoms with Crippen molar-refractivity contribution in [1.29, 1.82) is 0 Å². The van der Waals surface area contributed by atoms with Gasteiger partial charge in [-0.25, -0.2) is 0 Å². The van der Waals surface area contributed by atoms with Crippen LogP contribution in [0.4, 0.5) is 5.69 Å². The molecule has 3 amide bonds. The Morgan fingerprint density at radius 1 is 1.09 bits per heavy atom. The van der Waals surface area contributed by atoms with Gasteiger partial charge in [-0.1, -0.05) is 62.7 Å². The van der Waals surface area contributed by atoms with E-state index in [1.165, 1.54) is 11.0 Å². The average Bonchev–Trinajstić information content (AvgIpc) is 2.98. The Balaban J connectivity index is 1.48. The first-order chi connectivity index (χ1) is 15.6. The molecule has 7 heteroatoms. The van der Waals surface area contributed by atoms with Crippen LogP contribution < -0.4 is 5.32 Å². The predicted molar refractivity (Wildman–Crippen MR) is 126 cm³/mol. The van der Waals surface area contributed by atoms with E-state index in [0.29, 0.717) is 29.1 Å². The third-order valence-electron chi connectivity index (χ3n) is 7.61. The zero-order chi connectivity index (χ0) is 24.0. The van der Waals surface area contributed by atoms with Gasteiger partial charge >= 0.3 is 0 Å². The lowest BCUT2D eigenvalue weighted by molar-refractivity contribution is -0.167. The molecule has 1 aliphatic carbocycles. The standard InChI is InChI=1S/C26H27ClN2O4/c1-25(2)19-11-13-26(25,3)24(33)29(23(19)32)14-12-21(30)28-20-10-9-17(27)15-18(20)22(31)16-7-5-4-6-8-16/h4-10,15,19H,11-14H2,1-3H3,(H,28,30). The van der Waals surface area contributed by atoms with E-state index in [-0.39, 0.29) is 48.0 Å². The molecule has 1 aliphatic heterocycles. The van der Waals surface area contributed by atoms with Crippen LogP contribution in [0.3, 0.4) is 0 Å². The molecule has 33 heavy (non-hydrogen) atoms. The van der Waals surface area contributed by atoms with E-state index in [1.807, 2.05) is 26.8 Å². The van der Waals surface area contributed by atoms with Gasteiger partial charge < -0.3 is 5.32 Å². The highest BCUT2D eigenvalue weighted by molar-refractivity contribution is 6.31. The highest BCUT2D eigenvalue weighted by atomic mass is 35.5. The topological polar surface area (TPSA) is 83.6 Å². The van der Waals surface area contributed by atoms with Gasteiger partial charge in [0, 0.05) is 35.0 Å². The Kier molecular flexibility index (Phi) is 5.91. The van der Waals surface area contributed by atoms with Crippen LogP contribution >= 0.6 is 11.6 Å². The fraction of sp³-hybridized carbons (Fsp3) is 0.385. The number of anilines is 1. The quantitative estimate of drug-likeness (QED) is 0.493. The van der Waals surface area contributed by atoms with Crippen LogP contribution in [-0.2, 0) is 14.4 Å². The Morgan fingerprint density at radius 3 is 2.48 bits per heavy atom. The summed E-state index contributed by atoms with van der Waals surface area (Å²) in [5.74, 6) is -1.26. The second-order valence-corrected chi connectivity index (χ2v) is 10.1. The molecule has 2 aliphatic rings. The van der Waals surface area contributed by atoms with E-state index in [9.17, 15) is 19.2 Å². The molecule has 2 aromatic carbocycles. The van der Waals surface area contributed by atoms with Crippen molar-refractivity contribution in [1.82, 2.24) is 4.90 Å². The fourth-order valence-electron chi connectivity index (χ4n) is 5.10. The molecule has 2 aromatic rings. The van der Waals surface area contributed by atoms with Gasteiger partial charge in [0.2, 0.25) is 17.7 Å². The first kappa shape index (κ1) is 23.2. The number of likely N-dealkylation sites (tertiary alicyclic amines) is 1. The number of hydrogen-bond acceptors (Lipinski definition) is 4. The van der Waals surface area contributed by atoms with Crippen LogP contribution in [-0.4, -0.2) is 34.9 Å². The van der Waals surface area contributed by atoms with Crippen molar-refractivity contribution in [2.75, 3.05) is 11.9 Å². The molecule has 1 N–H and O–H groups in total. The number of halogens is 1. The van der Waals surface area contributed by atoms with Crippen LogP contribution in [0.2, 0.25) is 5.02 Å². The number of carbonyl (C=O) groups excluding carboxylic acids is 4. The Bertz CT molecular complexity index is 1140. The van der Waals surface area contributed by atoms with E-state index >= 15 is 0 Å². The fourth-order valence-corrected chi connectivity index (χ4v) is 5.27. The largest absolute Gasteiger partial charge is 0.325 e. The summed E-state index contributed by atoms with van der Waals surface area (Å²) in [5.41, 5.74) is 0.0944. The molecule has 0 radical (unpaired) electrons. The molecular weight excluding hydrogens is 440 g/mol. The van der Waals surface area contributed by atoms with E-state index in [0.717, 1.165) is 0 Å². The Labute approximate surface area is 198 Å². The SMILES string of the molecule is CC12CCC(C(=O)N(CCC(=O)Nc3ccc(Cl)cc3C(=O)c3ccccc3)C1=O)C2(C)C. The van der Waals surface area contributed by atoms with E-state index in [2.05, 4.69) is 5.32 Å². The normalized spacial score (nSPS) is 23.5. The second-order valence-electron chi connectivity index (χ2n) is 9.62. The smallest absolute Gasteiger partial charge is 0.235 e. The average molecular weight is 467 g/mol. The zero-order valence-electron chi connectivity index (χ0n) is 19.0. The summed E-state index contributed by atoms with van der Waals surface area (Å²) in [4.78, 5) is 53.1. The summed E-state index contributed by atoms with van der Waals surface area (Å²) in [5, 5.41) is 3.13. The van der Waals surface area contributed by atoms with Crippen LogP contribution in [0.15, 0.2) is 48.5 Å². The number of fused-ring (bicyclic) bond motifs is 2. The maximum Gasteiger partial charge on any atom is 0.235 e. The number of nitrogens with one attached hydrogen (secondary N) is 1. The van der Waals surface area contributed by atoms with Crippen LogP contribution in [0.25, 0.3) is 0 Å². The van der Waals surface area contributed by atoms with Gasteiger partial charge in [-0.2, -0.15) is 0 Å². The first-order valence-electron chi connectivity index (χ1n) is 11.1. The molecule has 1 saturated heterocycles. The molecule has 2 atom stereocenters. The number of piperidine rings is 1. The number of nitrogens with zero attached hydrogens (tertiary/aromatic N) is 1. The number of amides is 3. The third-order valence-corrected chi connectivity index (χ3v) is 7.84. The van der Waals surface area contributed by atoms with Gasteiger partial charge in [-0.15, -0.1) is 0 Å². The number of ketones is 1. The zero-order valence-corrected chi connectivity index (χ0v) is 19.7. The molecular formula is C26H27ClN2O4. The Morgan fingerprint density at radius 2 is 1.79 bits per heavy atom. The third kappa shape index (κ3) is 3.86. The molecule has 1 saturated carbocycles. The van der Waals surface area contributed by atoms with Gasteiger partial charge in [0.25, 0.3) is 0 Å². The number of hydrogen-bond donors (Lipinski definition) is 1. The summed E-state index contributed by atoms with van der Waals surface area (Å²) in [7, 11) is 0. The first-order valence-corrected chi connectivity index (χ1v) is 11.5. The van der Waals surface area contributed by atoms with E-state index < -0.39 is 10.8 Å². The molecule has 6 nitrogen and oxygen atoms in total. The maximum atomic E-state index is 13.2. The van der Waals surface area contributed by atoms with Gasteiger partial charge in [-0.3, -0.25) is 24.1 Å². The molecule has 4 rings (SSSR count). The lowest BCUT2D eigenvalue weighted by atomic mass is 9.62. The highest BCUT2D eigenvalue weighted by Crippen LogP contribution is 2.60. The molecule has 172 valence electrons. The van der Waals surface area contributed by atoms with Crippen molar-refractivity contribution in [2.24, 2.45) is 16.7 Å². The number of imide groups is 1. The van der Waals surface area contributed by atoms with Gasteiger partial charge in [-0.05, 0) is 36.5 Å². The summed E-state index contributed by atoms with van der Waals surface area (Å²) in [6.07, 6.45) is 1.31. The van der Waals surface area contributed by atoms with E-state index in [1.54, 1.807) is 36.4 Å². The molecule has 0 spiro atoms. The summed E-state index contributed by atoms with van der Waals surface area (Å²) < 4.78 is 0. The molecule has 2 fully saturated rings. The Hall–Kier alpha value is -2.99. The number of benzene rings is 2. The van der Waals surface area contributed by atoms with Crippen molar-refractivity contribution < 1.29 is 19.2 Å². The minimum atomic E-state index is -0.604. The van der Waals surface area contributed by atoms with Crippen LogP contribution in [0.5, 0.6) is 0 Å². The van der Waals surface area contributed by atoms with Crippen molar-refractivity contribution in [2.45, 2.75) is 40.0 Å².